The molecule has 0 saturated carbocycles. The van der Waals surface area contributed by atoms with Crippen molar-refractivity contribution in [2.45, 2.75) is 37.8 Å². The first kappa shape index (κ1) is 21.4. The van der Waals surface area contributed by atoms with Crippen molar-refractivity contribution in [3.05, 3.63) is 64.7 Å². The molecule has 0 aromatic heterocycles. The largest absolute Gasteiger partial charge is 0.335 e. The fourth-order valence-corrected chi connectivity index (χ4v) is 4.15. The molecule has 7 heteroatoms. The van der Waals surface area contributed by atoms with Gasteiger partial charge in [0.25, 0.3) is 5.91 Å². The maximum atomic E-state index is 12.8. The van der Waals surface area contributed by atoms with Gasteiger partial charge in [-0.3, -0.25) is 4.79 Å². The molecule has 0 saturated heterocycles. The number of benzene rings is 2. The quantitative estimate of drug-likeness (QED) is 0.719. The zero-order valence-electron chi connectivity index (χ0n) is 16.2. The minimum atomic E-state index is -3.57. The molecule has 2 rings (SSSR count). The number of halogens is 1. The fourth-order valence-electron chi connectivity index (χ4n) is 2.58. The summed E-state index contributed by atoms with van der Waals surface area (Å²) in [6.45, 7) is 5.53. The summed E-state index contributed by atoms with van der Waals surface area (Å²) in [6.07, 6.45) is 0. The first-order valence-corrected chi connectivity index (χ1v) is 10.5. The molecule has 1 unspecified atom stereocenters. The Balaban J connectivity index is 2.22. The van der Waals surface area contributed by atoms with Gasteiger partial charge in [0.05, 0.1) is 10.9 Å². The van der Waals surface area contributed by atoms with E-state index in [1.54, 1.807) is 37.2 Å². The Labute approximate surface area is 166 Å². The molecule has 27 heavy (non-hydrogen) atoms. The van der Waals surface area contributed by atoms with E-state index in [2.05, 4.69) is 0 Å². The number of rotatable bonds is 6. The highest BCUT2D eigenvalue weighted by atomic mass is 35.5. The Morgan fingerprint density at radius 1 is 1.00 bits per heavy atom. The standard InChI is InChI=1S/C20H25ClN2O3S/c1-14(2)23(5)27(25,26)19-11-9-16(10-12-19)20(24)22(4)15(3)17-7-6-8-18(21)13-17/h6-15H,1-5H3. The van der Waals surface area contributed by atoms with Gasteiger partial charge in [-0.2, -0.15) is 4.31 Å². The van der Waals surface area contributed by atoms with E-state index >= 15 is 0 Å². The number of hydrogen-bond donors (Lipinski definition) is 0. The molecule has 0 bridgehead atoms. The second-order valence-corrected chi connectivity index (χ2v) is 9.22. The van der Waals surface area contributed by atoms with Gasteiger partial charge in [-0.05, 0) is 62.7 Å². The van der Waals surface area contributed by atoms with E-state index in [0.717, 1.165) is 5.56 Å². The minimum Gasteiger partial charge on any atom is -0.335 e. The van der Waals surface area contributed by atoms with Crippen LogP contribution >= 0.6 is 11.6 Å². The SMILES string of the molecule is CC(c1cccc(Cl)c1)N(C)C(=O)c1ccc(S(=O)(=O)N(C)C(C)C)cc1. The van der Waals surface area contributed by atoms with Gasteiger partial charge >= 0.3 is 0 Å². The highest BCUT2D eigenvalue weighted by Crippen LogP contribution is 2.24. The van der Waals surface area contributed by atoms with Crippen LogP contribution in [-0.4, -0.2) is 43.7 Å². The maximum Gasteiger partial charge on any atom is 0.254 e. The molecule has 1 atom stereocenters. The van der Waals surface area contributed by atoms with E-state index in [9.17, 15) is 13.2 Å². The summed E-state index contributed by atoms with van der Waals surface area (Å²) in [5.41, 5.74) is 1.36. The van der Waals surface area contributed by atoms with Crippen LogP contribution < -0.4 is 0 Å². The van der Waals surface area contributed by atoms with Crippen molar-refractivity contribution < 1.29 is 13.2 Å². The molecule has 0 radical (unpaired) electrons. The third-order valence-electron chi connectivity index (χ3n) is 4.74. The van der Waals surface area contributed by atoms with E-state index in [1.807, 2.05) is 39.0 Å². The third-order valence-corrected chi connectivity index (χ3v) is 7.02. The highest BCUT2D eigenvalue weighted by molar-refractivity contribution is 7.89. The highest BCUT2D eigenvalue weighted by Gasteiger charge is 2.24. The van der Waals surface area contributed by atoms with Crippen LogP contribution in [0.2, 0.25) is 5.02 Å². The molecule has 0 spiro atoms. The summed E-state index contributed by atoms with van der Waals surface area (Å²) in [5.74, 6) is -0.191. The Kier molecular flexibility index (Phi) is 6.68. The lowest BCUT2D eigenvalue weighted by atomic mass is 10.1. The number of sulfonamides is 1. The molecule has 2 aromatic carbocycles. The van der Waals surface area contributed by atoms with Gasteiger partial charge in [0.1, 0.15) is 0 Å². The molecule has 2 aromatic rings. The Morgan fingerprint density at radius 3 is 2.11 bits per heavy atom. The molecule has 0 aliphatic heterocycles. The van der Waals surface area contributed by atoms with Gasteiger partial charge in [0.2, 0.25) is 10.0 Å². The van der Waals surface area contributed by atoms with Crippen molar-refractivity contribution in [2.24, 2.45) is 0 Å². The van der Waals surface area contributed by atoms with Gasteiger partial charge in [0, 0.05) is 30.7 Å². The molecule has 0 N–H and O–H groups in total. The van der Waals surface area contributed by atoms with E-state index in [1.165, 1.54) is 16.4 Å². The second kappa shape index (κ2) is 8.42. The van der Waals surface area contributed by atoms with Crippen molar-refractivity contribution in [2.75, 3.05) is 14.1 Å². The smallest absolute Gasteiger partial charge is 0.254 e. The zero-order chi connectivity index (χ0) is 20.4. The van der Waals surface area contributed by atoms with Crippen molar-refractivity contribution >= 4 is 27.5 Å². The Bertz CT molecular complexity index is 911. The monoisotopic (exact) mass is 408 g/mol. The molecular formula is C20H25ClN2O3S. The molecular weight excluding hydrogens is 384 g/mol. The van der Waals surface area contributed by atoms with Gasteiger partial charge in [-0.25, -0.2) is 8.42 Å². The summed E-state index contributed by atoms with van der Waals surface area (Å²) < 4.78 is 26.4. The first-order chi connectivity index (χ1) is 12.6. The van der Waals surface area contributed by atoms with E-state index < -0.39 is 10.0 Å². The number of amides is 1. The predicted octanol–water partition coefficient (Wildman–Crippen LogP) is 4.20. The fraction of sp³-hybridized carbons (Fsp3) is 0.350. The maximum absolute atomic E-state index is 12.8. The van der Waals surface area contributed by atoms with Crippen LogP contribution in [0, 0.1) is 0 Å². The number of carbonyl (C=O) groups is 1. The van der Waals surface area contributed by atoms with Crippen molar-refractivity contribution in [1.82, 2.24) is 9.21 Å². The summed E-state index contributed by atoms with van der Waals surface area (Å²) in [5, 5.41) is 0.615. The second-order valence-electron chi connectivity index (χ2n) is 6.79. The summed E-state index contributed by atoms with van der Waals surface area (Å²) >= 11 is 6.03. The van der Waals surface area contributed by atoms with Gasteiger partial charge < -0.3 is 4.90 Å². The average molecular weight is 409 g/mol. The summed E-state index contributed by atoms with van der Waals surface area (Å²) in [4.78, 5) is 14.6. The molecule has 0 aliphatic carbocycles. The van der Waals surface area contributed by atoms with Crippen LogP contribution in [0.3, 0.4) is 0 Å². The zero-order valence-corrected chi connectivity index (χ0v) is 17.8. The van der Waals surface area contributed by atoms with Crippen LogP contribution in [0.4, 0.5) is 0 Å². The molecule has 0 fully saturated rings. The van der Waals surface area contributed by atoms with E-state index in [-0.39, 0.29) is 22.9 Å². The van der Waals surface area contributed by atoms with E-state index in [0.29, 0.717) is 10.6 Å². The van der Waals surface area contributed by atoms with Crippen LogP contribution in [-0.2, 0) is 10.0 Å². The van der Waals surface area contributed by atoms with Gasteiger partial charge in [0.15, 0.2) is 0 Å². The van der Waals surface area contributed by atoms with Crippen LogP contribution in [0.25, 0.3) is 0 Å². The first-order valence-electron chi connectivity index (χ1n) is 8.66. The molecule has 146 valence electrons. The minimum absolute atomic E-state index is 0.152. The normalized spacial score (nSPS) is 13.0. The number of carbonyl (C=O) groups excluding carboxylic acids is 1. The Hall–Kier alpha value is -1.89. The van der Waals surface area contributed by atoms with Crippen molar-refractivity contribution in [3.8, 4) is 0 Å². The average Bonchev–Trinajstić information content (AvgIpc) is 2.65. The van der Waals surface area contributed by atoms with Crippen LogP contribution in [0.1, 0.15) is 42.7 Å². The lowest BCUT2D eigenvalue weighted by molar-refractivity contribution is 0.0742. The van der Waals surface area contributed by atoms with Crippen molar-refractivity contribution in [1.29, 1.82) is 0 Å². The Morgan fingerprint density at radius 2 is 1.59 bits per heavy atom. The molecule has 5 nitrogen and oxygen atoms in total. The molecule has 1 amide bonds. The van der Waals surface area contributed by atoms with Gasteiger partial charge in [-0.15, -0.1) is 0 Å². The van der Waals surface area contributed by atoms with E-state index in [4.69, 9.17) is 11.6 Å². The summed E-state index contributed by atoms with van der Waals surface area (Å²) in [6, 6.07) is 13.1. The molecule has 0 aliphatic rings. The lowest BCUT2D eigenvalue weighted by Crippen LogP contribution is -2.33. The number of hydrogen-bond acceptors (Lipinski definition) is 3. The topological polar surface area (TPSA) is 57.7 Å². The van der Waals surface area contributed by atoms with Crippen LogP contribution in [0.5, 0.6) is 0 Å². The third kappa shape index (κ3) is 4.69. The van der Waals surface area contributed by atoms with Crippen LogP contribution in [0.15, 0.2) is 53.4 Å². The van der Waals surface area contributed by atoms with Crippen molar-refractivity contribution in [3.63, 3.8) is 0 Å². The molecule has 0 heterocycles. The predicted molar refractivity (Wildman–Crippen MR) is 108 cm³/mol. The number of nitrogens with zero attached hydrogens (tertiary/aromatic N) is 2. The lowest BCUT2D eigenvalue weighted by Gasteiger charge is -2.26. The van der Waals surface area contributed by atoms with Gasteiger partial charge in [-0.1, -0.05) is 23.7 Å². The summed E-state index contributed by atoms with van der Waals surface area (Å²) in [7, 11) is -0.317.